The van der Waals surface area contributed by atoms with Gasteiger partial charge in [-0.1, -0.05) is 18.5 Å². The van der Waals surface area contributed by atoms with Gasteiger partial charge in [0.05, 0.1) is 0 Å². The number of halogens is 1. The first-order valence-corrected chi connectivity index (χ1v) is 10.7. The van der Waals surface area contributed by atoms with E-state index in [1.807, 2.05) is 23.5 Å². The van der Waals surface area contributed by atoms with Crippen LogP contribution in [0.1, 0.15) is 39.9 Å². The molecule has 0 spiro atoms. The van der Waals surface area contributed by atoms with Gasteiger partial charge >= 0.3 is 0 Å². The first kappa shape index (κ1) is 19.6. The maximum absolute atomic E-state index is 12.6. The fraction of sp³-hybridized carbons (Fsp3) is 0.476. The molecule has 2 heterocycles. The smallest absolute Gasteiger partial charge is 0.166 e. The number of carbonyl (C=O) groups excluding carboxylic acids is 1. The van der Waals surface area contributed by atoms with Crippen LogP contribution in [0.3, 0.4) is 0 Å². The van der Waals surface area contributed by atoms with E-state index in [0.717, 1.165) is 57.5 Å². The second-order valence-corrected chi connectivity index (χ2v) is 8.57. The lowest BCUT2D eigenvalue weighted by Gasteiger charge is -2.31. The highest BCUT2D eigenvalue weighted by Crippen LogP contribution is 2.22. The standard InChI is InChI=1S/C21H27ClN2OS/c1-2-19-7-8-20(26-19)15-23-11-14-24-12-9-17(10-13-24)21(25)16-3-5-18(22)6-4-16/h3-8,17,23H,2,9-15H2,1H3. The number of Topliss-reactive ketones (excluding diaryl/α,β-unsaturated/α-hetero) is 1. The number of aryl methyl sites for hydroxylation is 1. The van der Waals surface area contributed by atoms with Gasteiger partial charge in [-0.05, 0) is 68.8 Å². The first-order valence-electron chi connectivity index (χ1n) is 9.46. The van der Waals surface area contributed by atoms with E-state index in [-0.39, 0.29) is 11.7 Å². The summed E-state index contributed by atoms with van der Waals surface area (Å²) in [7, 11) is 0. The summed E-state index contributed by atoms with van der Waals surface area (Å²) in [5, 5.41) is 4.22. The van der Waals surface area contributed by atoms with Crippen molar-refractivity contribution in [2.24, 2.45) is 5.92 Å². The average Bonchev–Trinajstić information content (AvgIpc) is 3.14. The van der Waals surface area contributed by atoms with Crippen LogP contribution in [0.15, 0.2) is 36.4 Å². The molecule has 3 nitrogen and oxygen atoms in total. The Balaban J connectivity index is 1.35. The highest BCUT2D eigenvalue weighted by Gasteiger charge is 2.25. The van der Waals surface area contributed by atoms with Crippen LogP contribution in [0.5, 0.6) is 0 Å². The first-order chi connectivity index (χ1) is 12.7. The van der Waals surface area contributed by atoms with Crippen LogP contribution >= 0.6 is 22.9 Å². The number of carbonyl (C=O) groups is 1. The molecule has 1 aliphatic rings. The zero-order chi connectivity index (χ0) is 18.4. The Bertz CT molecular complexity index is 705. The second kappa shape index (κ2) is 9.65. The Kier molecular flexibility index (Phi) is 7.26. The maximum atomic E-state index is 12.6. The maximum Gasteiger partial charge on any atom is 0.166 e. The summed E-state index contributed by atoms with van der Waals surface area (Å²) >= 11 is 7.81. The van der Waals surface area contributed by atoms with E-state index in [4.69, 9.17) is 11.6 Å². The van der Waals surface area contributed by atoms with Crippen molar-refractivity contribution >= 4 is 28.7 Å². The van der Waals surface area contributed by atoms with E-state index < -0.39 is 0 Å². The van der Waals surface area contributed by atoms with Gasteiger partial charge in [0.2, 0.25) is 0 Å². The molecule has 0 saturated carbocycles. The number of thiophene rings is 1. The molecule has 5 heteroatoms. The predicted octanol–water partition coefficient (Wildman–Crippen LogP) is 4.65. The summed E-state index contributed by atoms with van der Waals surface area (Å²) in [6.07, 6.45) is 3.02. The van der Waals surface area contributed by atoms with E-state index in [1.54, 1.807) is 12.1 Å². The molecule has 140 valence electrons. The van der Waals surface area contributed by atoms with Gasteiger partial charge in [0.15, 0.2) is 5.78 Å². The van der Waals surface area contributed by atoms with E-state index in [0.29, 0.717) is 5.02 Å². The summed E-state index contributed by atoms with van der Waals surface area (Å²) in [6.45, 7) is 7.21. The third-order valence-corrected chi connectivity index (χ3v) is 6.54. The number of hydrogen-bond acceptors (Lipinski definition) is 4. The lowest BCUT2D eigenvalue weighted by atomic mass is 9.89. The molecule has 1 aromatic heterocycles. The Morgan fingerprint density at radius 1 is 1.15 bits per heavy atom. The van der Waals surface area contributed by atoms with Gasteiger partial charge < -0.3 is 10.2 Å². The predicted molar refractivity (Wildman–Crippen MR) is 110 cm³/mol. The van der Waals surface area contributed by atoms with Crippen molar-refractivity contribution in [2.75, 3.05) is 26.2 Å². The van der Waals surface area contributed by atoms with Crippen LogP contribution in [0, 0.1) is 5.92 Å². The van der Waals surface area contributed by atoms with Crippen LogP contribution in [-0.2, 0) is 13.0 Å². The van der Waals surface area contributed by atoms with Crippen molar-refractivity contribution < 1.29 is 4.79 Å². The molecule has 1 N–H and O–H groups in total. The van der Waals surface area contributed by atoms with Gasteiger partial charge in [0, 0.05) is 45.9 Å². The lowest BCUT2D eigenvalue weighted by molar-refractivity contribution is 0.0841. The van der Waals surface area contributed by atoms with E-state index in [1.165, 1.54) is 9.75 Å². The second-order valence-electron chi connectivity index (χ2n) is 6.89. The van der Waals surface area contributed by atoms with Crippen LogP contribution in [0.25, 0.3) is 0 Å². The highest BCUT2D eigenvalue weighted by atomic mass is 35.5. The zero-order valence-electron chi connectivity index (χ0n) is 15.3. The molecule has 1 saturated heterocycles. The molecule has 0 unspecified atom stereocenters. The van der Waals surface area contributed by atoms with Gasteiger partial charge in [0.1, 0.15) is 0 Å². The Labute approximate surface area is 165 Å². The molecule has 0 bridgehead atoms. The number of likely N-dealkylation sites (tertiary alicyclic amines) is 1. The third-order valence-electron chi connectivity index (χ3n) is 5.06. The van der Waals surface area contributed by atoms with Crippen molar-refractivity contribution in [3.8, 4) is 0 Å². The highest BCUT2D eigenvalue weighted by molar-refractivity contribution is 7.11. The molecule has 1 aliphatic heterocycles. The minimum Gasteiger partial charge on any atom is -0.311 e. The van der Waals surface area contributed by atoms with E-state index >= 15 is 0 Å². The van der Waals surface area contributed by atoms with E-state index in [2.05, 4.69) is 29.3 Å². The third kappa shape index (κ3) is 5.40. The molecule has 2 aromatic rings. The summed E-state index contributed by atoms with van der Waals surface area (Å²) < 4.78 is 0. The Hall–Kier alpha value is -1.20. The normalized spacial score (nSPS) is 16.1. The van der Waals surface area contributed by atoms with Crippen LogP contribution in [0.4, 0.5) is 0 Å². The van der Waals surface area contributed by atoms with Crippen molar-refractivity contribution in [1.82, 2.24) is 10.2 Å². The van der Waals surface area contributed by atoms with Crippen molar-refractivity contribution in [1.29, 1.82) is 0 Å². The van der Waals surface area contributed by atoms with Gasteiger partial charge in [-0.15, -0.1) is 11.3 Å². The van der Waals surface area contributed by atoms with E-state index in [9.17, 15) is 4.79 Å². The SMILES string of the molecule is CCc1ccc(CNCCN2CCC(C(=O)c3ccc(Cl)cc3)CC2)s1. The summed E-state index contributed by atoms with van der Waals surface area (Å²) in [5.74, 6) is 0.419. The molecule has 0 amide bonds. The number of nitrogens with one attached hydrogen (secondary N) is 1. The lowest BCUT2D eigenvalue weighted by Crippen LogP contribution is -2.39. The Morgan fingerprint density at radius 3 is 2.50 bits per heavy atom. The van der Waals surface area contributed by atoms with Crippen molar-refractivity contribution in [2.45, 2.75) is 32.7 Å². The number of benzene rings is 1. The molecule has 1 fully saturated rings. The number of rotatable bonds is 8. The van der Waals surface area contributed by atoms with Crippen molar-refractivity contribution in [3.63, 3.8) is 0 Å². The van der Waals surface area contributed by atoms with Crippen LogP contribution in [0.2, 0.25) is 5.02 Å². The Morgan fingerprint density at radius 2 is 1.85 bits per heavy atom. The quantitative estimate of drug-likeness (QED) is 0.526. The minimum atomic E-state index is 0.152. The largest absolute Gasteiger partial charge is 0.311 e. The van der Waals surface area contributed by atoms with Crippen molar-refractivity contribution in [3.05, 3.63) is 56.7 Å². The molecule has 1 aromatic carbocycles. The van der Waals surface area contributed by atoms with Gasteiger partial charge in [0.25, 0.3) is 0 Å². The average molecular weight is 391 g/mol. The molecular weight excluding hydrogens is 364 g/mol. The minimum absolute atomic E-state index is 0.152. The van der Waals surface area contributed by atoms with Crippen LogP contribution in [-0.4, -0.2) is 36.9 Å². The topological polar surface area (TPSA) is 32.3 Å². The number of nitrogens with zero attached hydrogens (tertiary/aromatic N) is 1. The molecule has 0 aliphatic carbocycles. The molecule has 0 radical (unpaired) electrons. The summed E-state index contributed by atoms with van der Waals surface area (Å²) in [6, 6.07) is 11.7. The number of piperidine rings is 1. The van der Waals surface area contributed by atoms with Crippen LogP contribution < -0.4 is 5.32 Å². The monoisotopic (exact) mass is 390 g/mol. The zero-order valence-corrected chi connectivity index (χ0v) is 16.9. The number of hydrogen-bond donors (Lipinski definition) is 1. The molecular formula is C21H27ClN2OS. The molecule has 26 heavy (non-hydrogen) atoms. The fourth-order valence-corrected chi connectivity index (χ4v) is 4.48. The van der Waals surface area contributed by atoms with Gasteiger partial charge in [-0.25, -0.2) is 0 Å². The molecule has 0 atom stereocenters. The fourth-order valence-electron chi connectivity index (χ4n) is 3.42. The summed E-state index contributed by atoms with van der Waals surface area (Å²) in [5.41, 5.74) is 0.789. The summed E-state index contributed by atoms with van der Waals surface area (Å²) in [4.78, 5) is 17.9. The number of ketones is 1. The molecule has 3 rings (SSSR count). The van der Waals surface area contributed by atoms with Gasteiger partial charge in [-0.2, -0.15) is 0 Å². The van der Waals surface area contributed by atoms with Gasteiger partial charge in [-0.3, -0.25) is 4.79 Å².